The standard InChI is InChI=1S/C20H23FN2O4/c1-4-9-23-13(2)10-17(14(23)3)18(24)12-27-19(25)11-22-20(26)15-5-7-16(21)8-6-15/h5-8,10H,4,9,11-12H2,1-3H3,(H,22,26). The van der Waals surface area contributed by atoms with E-state index in [1.54, 1.807) is 6.07 Å². The number of nitrogens with one attached hydrogen (secondary N) is 1. The Morgan fingerprint density at radius 1 is 1.15 bits per heavy atom. The average molecular weight is 374 g/mol. The van der Waals surface area contributed by atoms with Crippen molar-refractivity contribution in [2.75, 3.05) is 13.2 Å². The van der Waals surface area contributed by atoms with E-state index in [4.69, 9.17) is 4.74 Å². The molecule has 144 valence electrons. The van der Waals surface area contributed by atoms with Crippen LogP contribution in [0.1, 0.15) is 45.4 Å². The van der Waals surface area contributed by atoms with Crippen molar-refractivity contribution in [2.24, 2.45) is 0 Å². The van der Waals surface area contributed by atoms with Crippen LogP contribution in [0.25, 0.3) is 0 Å². The molecule has 0 aliphatic rings. The van der Waals surface area contributed by atoms with E-state index in [2.05, 4.69) is 16.8 Å². The summed E-state index contributed by atoms with van der Waals surface area (Å²) in [7, 11) is 0. The van der Waals surface area contributed by atoms with Gasteiger partial charge < -0.3 is 14.6 Å². The lowest BCUT2D eigenvalue weighted by atomic mass is 10.1. The molecule has 1 amide bonds. The molecule has 1 aromatic carbocycles. The van der Waals surface area contributed by atoms with Crippen LogP contribution in [0, 0.1) is 19.7 Å². The van der Waals surface area contributed by atoms with E-state index >= 15 is 0 Å². The molecule has 0 atom stereocenters. The summed E-state index contributed by atoms with van der Waals surface area (Å²) < 4.78 is 19.8. The summed E-state index contributed by atoms with van der Waals surface area (Å²) >= 11 is 0. The highest BCUT2D eigenvalue weighted by Crippen LogP contribution is 2.16. The molecule has 27 heavy (non-hydrogen) atoms. The Kier molecular flexibility index (Phi) is 6.87. The number of ether oxygens (including phenoxy) is 1. The molecule has 0 aliphatic heterocycles. The summed E-state index contributed by atoms with van der Waals surface area (Å²) in [6.07, 6.45) is 0.951. The van der Waals surface area contributed by atoms with E-state index in [1.807, 2.05) is 13.8 Å². The third-order valence-electron chi connectivity index (χ3n) is 4.19. The van der Waals surface area contributed by atoms with E-state index in [9.17, 15) is 18.8 Å². The molecule has 1 N–H and O–H groups in total. The number of carbonyl (C=O) groups excluding carboxylic acids is 3. The lowest BCUT2D eigenvalue weighted by Gasteiger charge is -2.08. The Balaban J connectivity index is 1.85. The van der Waals surface area contributed by atoms with Crippen LogP contribution in [0.3, 0.4) is 0 Å². The molecule has 2 aromatic rings. The molecule has 0 fully saturated rings. The first kappa shape index (κ1) is 20.4. The van der Waals surface area contributed by atoms with Gasteiger partial charge in [-0.25, -0.2) is 4.39 Å². The molecule has 0 spiro atoms. The normalized spacial score (nSPS) is 10.5. The molecule has 0 unspecified atom stereocenters. The minimum Gasteiger partial charge on any atom is -0.456 e. The van der Waals surface area contributed by atoms with Crippen molar-refractivity contribution < 1.29 is 23.5 Å². The van der Waals surface area contributed by atoms with Crippen LogP contribution in [-0.4, -0.2) is 35.4 Å². The van der Waals surface area contributed by atoms with Gasteiger partial charge in [-0.3, -0.25) is 14.4 Å². The van der Waals surface area contributed by atoms with Crippen molar-refractivity contribution in [3.05, 3.63) is 58.7 Å². The number of rotatable bonds is 8. The van der Waals surface area contributed by atoms with Crippen LogP contribution in [0.5, 0.6) is 0 Å². The number of hydrogen-bond donors (Lipinski definition) is 1. The van der Waals surface area contributed by atoms with E-state index < -0.39 is 17.7 Å². The molecule has 0 radical (unpaired) electrons. The van der Waals surface area contributed by atoms with Crippen molar-refractivity contribution >= 4 is 17.7 Å². The van der Waals surface area contributed by atoms with Gasteiger partial charge in [0, 0.05) is 29.1 Å². The number of benzene rings is 1. The molecule has 0 bridgehead atoms. The van der Waals surface area contributed by atoms with E-state index in [0.717, 1.165) is 36.5 Å². The first-order valence-corrected chi connectivity index (χ1v) is 8.72. The number of ketones is 1. The van der Waals surface area contributed by atoms with Crippen molar-refractivity contribution in [1.29, 1.82) is 0 Å². The van der Waals surface area contributed by atoms with Gasteiger partial charge >= 0.3 is 5.97 Å². The topological polar surface area (TPSA) is 77.4 Å². The third-order valence-corrected chi connectivity index (χ3v) is 4.19. The van der Waals surface area contributed by atoms with Crippen molar-refractivity contribution in [2.45, 2.75) is 33.7 Å². The van der Waals surface area contributed by atoms with Gasteiger partial charge in [0.15, 0.2) is 6.61 Å². The Labute approximate surface area is 157 Å². The zero-order valence-electron chi connectivity index (χ0n) is 15.7. The maximum Gasteiger partial charge on any atom is 0.325 e. The highest BCUT2D eigenvalue weighted by molar-refractivity contribution is 6.00. The minimum atomic E-state index is -0.721. The zero-order chi connectivity index (χ0) is 20.0. The quantitative estimate of drug-likeness (QED) is 0.569. The molecular weight excluding hydrogens is 351 g/mol. The smallest absolute Gasteiger partial charge is 0.325 e. The molecule has 0 saturated carbocycles. The minimum absolute atomic E-state index is 0.226. The first-order valence-electron chi connectivity index (χ1n) is 8.72. The maximum absolute atomic E-state index is 12.8. The highest BCUT2D eigenvalue weighted by atomic mass is 19.1. The number of amides is 1. The second kappa shape index (κ2) is 9.12. The number of esters is 1. The second-order valence-corrected chi connectivity index (χ2v) is 6.21. The zero-order valence-corrected chi connectivity index (χ0v) is 15.7. The Hall–Kier alpha value is -2.96. The number of halogens is 1. The van der Waals surface area contributed by atoms with Crippen LogP contribution >= 0.6 is 0 Å². The van der Waals surface area contributed by atoms with Crippen molar-refractivity contribution in [3.8, 4) is 0 Å². The van der Waals surface area contributed by atoms with Crippen LogP contribution < -0.4 is 5.32 Å². The fraction of sp³-hybridized carbons (Fsp3) is 0.350. The fourth-order valence-corrected chi connectivity index (χ4v) is 2.78. The third kappa shape index (κ3) is 5.26. The summed E-state index contributed by atoms with van der Waals surface area (Å²) in [4.78, 5) is 35.9. The molecule has 6 nitrogen and oxygen atoms in total. The van der Waals surface area contributed by atoms with Crippen molar-refractivity contribution in [1.82, 2.24) is 9.88 Å². The van der Waals surface area contributed by atoms with Gasteiger partial charge in [0.2, 0.25) is 5.78 Å². The molecule has 7 heteroatoms. The number of nitrogens with zero attached hydrogens (tertiary/aromatic N) is 1. The first-order chi connectivity index (χ1) is 12.8. The number of carbonyl (C=O) groups is 3. The lowest BCUT2D eigenvalue weighted by Crippen LogP contribution is -2.31. The van der Waals surface area contributed by atoms with Gasteiger partial charge in [0.05, 0.1) is 0 Å². The van der Waals surface area contributed by atoms with Crippen molar-refractivity contribution in [3.63, 3.8) is 0 Å². The summed E-state index contributed by atoms with van der Waals surface area (Å²) in [6, 6.07) is 6.72. The number of Topliss-reactive ketones (excluding diaryl/α,β-unsaturated/α-hetero) is 1. The van der Waals surface area contributed by atoms with Gasteiger partial charge in [-0.15, -0.1) is 0 Å². The predicted molar refractivity (Wildman–Crippen MR) is 98.2 cm³/mol. The monoisotopic (exact) mass is 374 g/mol. The summed E-state index contributed by atoms with van der Waals surface area (Å²) in [5.41, 5.74) is 2.59. The van der Waals surface area contributed by atoms with Crippen LogP contribution in [0.2, 0.25) is 0 Å². The van der Waals surface area contributed by atoms with Gasteiger partial charge in [0.1, 0.15) is 12.4 Å². The van der Waals surface area contributed by atoms with E-state index in [-0.39, 0.29) is 24.5 Å². The van der Waals surface area contributed by atoms with Crippen LogP contribution in [0.4, 0.5) is 4.39 Å². The molecule has 0 aliphatic carbocycles. The Morgan fingerprint density at radius 2 is 1.81 bits per heavy atom. The molecular formula is C20H23FN2O4. The second-order valence-electron chi connectivity index (χ2n) is 6.21. The summed E-state index contributed by atoms with van der Waals surface area (Å²) in [5.74, 6) is -1.99. The molecule has 1 heterocycles. The molecule has 1 aromatic heterocycles. The molecule has 2 rings (SSSR count). The van der Waals surface area contributed by atoms with Gasteiger partial charge in [0.25, 0.3) is 5.91 Å². The predicted octanol–water partition coefficient (Wildman–Crippen LogP) is 2.81. The van der Waals surface area contributed by atoms with Gasteiger partial charge in [-0.1, -0.05) is 6.92 Å². The Morgan fingerprint density at radius 3 is 2.44 bits per heavy atom. The van der Waals surface area contributed by atoms with Gasteiger partial charge in [-0.2, -0.15) is 0 Å². The van der Waals surface area contributed by atoms with Crippen LogP contribution in [-0.2, 0) is 16.1 Å². The summed E-state index contributed by atoms with van der Waals surface area (Å²) in [6.45, 7) is 5.90. The molecule has 0 saturated heterocycles. The average Bonchev–Trinajstić information content (AvgIpc) is 2.93. The lowest BCUT2D eigenvalue weighted by molar-refractivity contribution is -0.141. The highest BCUT2D eigenvalue weighted by Gasteiger charge is 2.17. The Bertz CT molecular complexity index is 840. The fourth-order valence-electron chi connectivity index (χ4n) is 2.78. The number of aromatic nitrogens is 1. The number of aryl methyl sites for hydroxylation is 1. The largest absolute Gasteiger partial charge is 0.456 e. The van der Waals surface area contributed by atoms with E-state index in [1.165, 1.54) is 12.1 Å². The number of hydrogen-bond acceptors (Lipinski definition) is 4. The summed E-state index contributed by atoms with van der Waals surface area (Å²) in [5, 5.41) is 2.37. The maximum atomic E-state index is 12.8. The van der Waals surface area contributed by atoms with Crippen LogP contribution in [0.15, 0.2) is 30.3 Å². The SMILES string of the molecule is CCCn1c(C)cc(C(=O)COC(=O)CNC(=O)c2ccc(F)cc2)c1C. The van der Waals surface area contributed by atoms with Gasteiger partial charge in [-0.05, 0) is 50.6 Å². The van der Waals surface area contributed by atoms with E-state index in [0.29, 0.717) is 5.56 Å².